The number of nitrogens with one attached hydrogen (secondary N) is 1. The number of nitrogens with two attached hydrogens (primary N) is 1. The van der Waals surface area contributed by atoms with Crippen LogP contribution in [0, 0.1) is 0 Å². The van der Waals surface area contributed by atoms with Crippen molar-refractivity contribution in [1.82, 2.24) is 5.32 Å². The second kappa shape index (κ2) is 8.71. The molecule has 0 bridgehead atoms. The number of ether oxygens (including phenoxy) is 1. The first-order valence-corrected chi connectivity index (χ1v) is 9.03. The molecule has 1 aromatic carbocycles. The molecule has 0 aliphatic rings. The van der Waals surface area contributed by atoms with Crippen molar-refractivity contribution in [3.05, 3.63) is 23.8 Å². The third kappa shape index (κ3) is 7.19. The van der Waals surface area contributed by atoms with Crippen molar-refractivity contribution in [2.24, 2.45) is 5.73 Å². The fourth-order valence-electron chi connectivity index (χ4n) is 2.57. The number of aliphatic hydroxyl groups excluding tert-OH is 1. The first kappa shape index (κ1) is 22.9. The molecule has 2 amide bonds. The van der Waals surface area contributed by atoms with E-state index in [4.69, 9.17) is 10.5 Å². The highest BCUT2D eigenvalue weighted by Gasteiger charge is 2.27. The van der Waals surface area contributed by atoms with E-state index in [9.17, 15) is 14.7 Å². The summed E-state index contributed by atoms with van der Waals surface area (Å²) in [6.07, 6.45) is -0.722. The number of benzene rings is 1. The maximum atomic E-state index is 12.1. The Labute approximate surface area is 161 Å². The summed E-state index contributed by atoms with van der Waals surface area (Å²) in [5.41, 5.74) is 5.71. The van der Waals surface area contributed by atoms with Crippen molar-refractivity contribution in [1.29, 1.82) is 0 Å². The predicted molar refractivity (Wildman–Crippen MR) is 108 cm³/mol. The van der Waals surface area contributed by atoms with Crippen LogP contribution in [0.3, 0.4) is 0 Å². The molecule has 0 heterocycles. The number of aliphatic hydroxyl groups is 1. The number of ketones is 1. The van der Waals surface area contributed by atoms with Gasteiger partial charge >= 0.3 is 6.03 Å². The van der Waals surface area contributed by atoms with E-state index >= 15 is 0 Å². The monoisotopic (exact) mass is 379 g/mol. The van der Waals surface area contributed by atoms with Gasteiger partial charge in [-0.05, 0) is 66.7 Å². The molecule has 1 unspecified atom stereocenters. The van der Waals surface area contributed by atoms with Crippen molar-refractivity contribution in [2.75, 3.05) is 18.1 Å². The topological polar surface area (TPSA) is 105 Å². The number of Topliss-reactive ketones (excluding diaryl/α,β-unsaturated/α-hetero) is 1. The first-order valence-electron chi connectivity index (χ1n) is 9.03. The number of amides is 2. The molecule has 0 aliphatic carbocycles. The second-order valence-corrected chi connectivity index (χ2v) is 8.68. The van der Waals surface area contributed by atoms with E-state index in [2.05, 4.69) is 5.32 Å². The largest absolute Gasteiger partial charge is 0.490 e. The van der Waals surface area contributed by atoms with Crippen LogP contribution in [-0.4, -0.2) is 47.3 Å². The molecule has 0 radical (unpaired) electrons. The van der Waals surface area contributed by atoms with Gasteiger partial charge in [-0.15, -0.1) is 0 Å². The molecule has 152 valence electrons. The van der Waals surface area contributed by atoms with Gasteiger partial charge in [0.1, 0.15) is 18.5 Å². The molecule has 1 rings (SSSR count). The van der Waals surface area contributed by atoms with Gasteiger partial charge in [0.05, 0.1) is 5.56 Å². The average Bonchev–Trinajstić information content (AvgIpc) is 2.49. The maximum Gasteiger partial charge on any atom is 0.319 e. The van der Waals surface area contributed by atoms with Crippen LogP contribution in [0.5, 0.6) is 5.75 Å². The summed E-state index contributed by atoms with van der Waals surface area (Å²) in [4.78, 5) is 25.4. The summed E-state index contributed by atoms with van der Waals surface area (Å²) in [5.74, 6) is 0.159. The lowest BCUT2D eigenvalue weighted by Crippen LogP contribution is -2.48. The zero-order chi connectivity index (χ0) is 21.0. The van der Waals surface area contributed by atoms with Crippen molar-refractivity contribution in [2.45, 2.75) is 65.6 Å². The minimum atomic E-state index is -0.722. The van der Waals surface area contributed by atoms with Crippen molar-refractivity contribution >= 4 is 17.5 Å². The van der Waals surface area contributed by atoms with Gasteiger partial charge in [-0.25, -0.2) is 4.79 Å². The normalized spacial score (nSPS) is 13.2. The Morgan fingerprint density at radius 2 is 1.81 bits per heavy atom. The molecule has 0 saturated carbocycles. The molecule has 0 aromatic heterocycles. The minimum Gasteiger partial charge on any atom is -0.490 e. The summed E-state index contributed by atoms with van der Waals surface area (Å²) < 4.78 is 5.66. The van der Waals surface area contributed by atoms with Crippen LogP contribution in [0.1, 0.15) is 58.8 Å². The number of primary amides is 1. The lowest BCUT2D eigenvalue weighted by atomic mass is 10.0. The van der Waals surface area contributed by atoms with E-state index in [1.165, 1.54) is 11.8 Å². The number of hydrogen-bond donors (Lipinski definition) is 3. The summed E-state index contributed by atoms with van der Waals surface area (Å²) in [6.45, 7) is 13.4. The van der Waals surface area contributed by atoms with Crippen LogP contribution in [-0.2, 0) is 0 Å². The van der Waals surface area contributed by atoms with Crippen LogP contribution < -0.4 is 20.7 Å². The van der Waals surface area contributed by atoms with Gasteiger partial charge in [-0.2, -0.15) is 0 Å². The molecule has 1 atom stereocenters. The predicted octanol–water partition coefficient (Wildman–Crippen LogP) is 2.70. The smallest absolute Gasteiger partial charge is 0.319 e. The summed E-state index contributed by atoms with van der Waals surface area (Å²) >= 11 is 0. The number of nitrogens with zero attached hydrogens (tertiary/aromatic N) is 1. The minimum absolute atomic E-state index is 0.0432. The number of carbonyl (C=O) groups is 2. The van der Waals surface area contributed by atoms with Crippen LogP contribution in [0.4, 0.5) is 10.5 Å². The molecule has 4 N–H and O–H groups in total. The first-order chi connectivity index (χ1) is 12.2. The van der Waals surface area contributed by atoms with E-state index < -0.39 is 17.7 Å². The molecule has 0 spiro atoms. The number of hydrogen-bond acceptors (Lipinski definition) is 5. The van der Waals surface area contributed by atoms with Crippen LogP contribution in [0.15, 0.2) is 18.2 Å². The van der Waals surface area contributed by atoms with Gasteiger partial charge in [0.25, 0.3) is 0 Å². The SMILES string of the molecule is CC(=O)c1cc(N(C(N)=O)C(C)(C)C)ccc1OCC(O)CNC(C)(C)C. The summed E-state index contributed by atoms with van der Waals surface area (Å²) in [5, 5.41) is 13.3. The molecular weight excluding hydrogens is 346 g/mol. The van der Waals surface area contributed by atoms with Crippen molar-refractivity contribution in [3.63, 3.8) is 0 Å². The Kier molecular flexibility index (Phi) is 7.40. The van der Waals surface area contributed by atoms with Gasteiger partial charge in [0.2, 0.25) is 0 Å². The summed E-state index contributed by atoms with van der Waals surface area (Å²) in [7, 11) is 0. The molecule has 0 saturated heterocycles. The van der Waals surface area contributed by atoms with Crippen LogP contribution in [0.25, 0.3) is 0 Å². The third-order valence-corrected chi connectivity index (χ3v) is 3.79. The number of urea groups is 1. The van der Waals surface area contributed by atoms with Crippen LogP contribution >= 0.6 is 0 Å². The quantitative estimate of drug-likeness (QED) is 0.632. The highest BCUT2D eigenvalue weighted by molar-refractivity contribution is 6.00. The van der Waals surface area contributed by atoms with E-state index in [1.807, 2.05) is 41.5 Å². The third-order valence-electron chi connectivity index (χ3n) is 3.79. The van der Waals surface area contributed by atoms with Crippen molar-refractivity contribution < 1.29 is 19.4 Å². The number of anilines is 1. The molecule has 1 aromatic rings. The van der Waals surface area contributed by atoms with E-state index in [1.54, 1.807) is 18.2 Å². The zero-order valence-electron chi connectivity index (χ0n) is 17.4. The Morgan fingerprint density at radius 3 is 2.26 bits per heavy atom. The molecular formula is C20H33N3O4. The number of β-amino-alcohol motifs (C(OH)–C–C–N with tert-alkyl or cyclic N) is 1. The lowest BCUT2D eigenvalue weighted by molar-refractivity contribution is 0.0950. The van der Waals surface area contributed by atoms with Gasteiger partial charge in [0.15, 0.2) is 5.78 Å². The van der Waals surface area contributed by atoms with Gasteiger partial charge in [-0.1, -0.05) is 0 Å². The van der Waals surface area contributed by atoms with E-state index in [-0.39, 0.29) is 17.9 Å². The number of rotatable bonds is 7. The summed E-state index contributed by atoms with van der Waals surface area (Å²) in [6, 6.07) is 4.29. The van der Waals surface area contributed by atoms with Gasteiger partial charge in [-0.3, -0.25) is 9.69 Å². The molecule has 7 heteroatoms. The Hall–Kier alpha value is -2.12. The molecule has 0 aliphatic heterocycles. The highest BCUT2D eigenvalue weighted by atomic mass is 16.5. The molecule has 0 fully saturated rings. The van der Waals surface area contributed by atoms with Gasteiger partial charge < -0.3 is 20.9 Å². The fourth-order valence-corrected chi connectivity index (χ4v) is 2.57. The fraction of sp³-hybridized carbons (Fsp3) is 0.600. The Bertz CT molecular complexity index is 675. The lowest BCUT2D eigenvalue weighted by Gasteiger charge is -2.34. The zero-order valence-corrected chi connectivity index (χ0v) is 17.4. The van der Waals surface area contributed by atoms with E-state index in [0.29, 0.717) is 23.5 Å². The molecule has 7 nitrogen and oxygen atoms in total. The Balaban J connectivity index is 3.00. The Morgan fingerprint density at radius 1 is 1.22 bits per heavy atom. The molecule has 27 heavy (non-hydrogen) atoms. The average molecular weight is 380 g/mol. The second-order valence-electron chi connectivity index (χ2n) is 8.68. The standard InChI is InChI=1S/C20H33N3O4/c1-13(24)16-10-14(23(18(21)26)20(5,6)7)8-9-17(16)27-12-15(25)11-22-19(2,3)4/h8-10,15,22,25H,11-12H2,1-7H3,(H2,21,26). The highest BCUT2D eigenvalue weighted by Crippen LogP contribution is 2.29. The number of carbonyl (C=O) groups excluding carboxylic acids is 2. The van der Waals surface area contributed by atoms with Crippen LogP contribution in [0.2, 0.25) is 0 Å². The van der Waals surface area contributed by atoms with Gasteiger partial charge in [0, 0.05) is 23.3 Å². The van der Waals surface area contributed by atoms with Crippen molar-refractivity contribution in [3.8, 4) is 5.75 Å². The maximum absolute atomic E-state index is 12.1. The van der Waals surface area contributed by atoms with E-state index in [0.717, 1.165) is 0 Å².